The number of carbonyl (C=O) groups is 3. The van der Waals surface area contributed by atoms with E-state index in [9.17, 15) is 14.4 Å². The molecule has 3 heterocycles. The maximum atomic E-state index is 13.6. The molecule has 1 fully saturated rings. The summed E-state index contributed by atoms with van der Waals surface area (Å²) >= 11 is 1.46. The molecule has 33 heavy (non-hydrogen) atoms. The highest BCUT2D eigenvalue weighted by atomic mass is 32.1. The van der Waals surface area contributed by atoms with E-state index in [0.717, 1.165) is 21.3 Å². The van der Waals surface area contributed by atoms with E-state index >= 15 is 0 Å². The van der Waals surface area contributed by atoms with Crippen LogP contribution in [0.1, 0.15) is 34.3 Å². The summed E-state index contributed by atoms with van der Waals surface area (Å²) in [6.07, 6.45) is 3.85. The number of hydrogen-bond acceptors (Lipinski definition) is 6. The van der Waals surface area contributed by atoms with Gasteiger partial charge in [-0.1, -0.05) is 29.5 Å². The van der Waals surface area contributed by atoms with E-state index in [1.165, 1.54) is 16.2 Å². The van der Waals surface area contributed by atoms with Crippen LogP contribution < -0.4 is 9.80 Å². The average molecular weight is 457 g/mol. The number of rotatable bonds is 5. The second kappa shape index (κ2) is 8.55. The van der Waals surface area contributed by atoms with Crippen LogP contribution in [0.15, 0.2) is 67.0 Å². The van der Waals surface area contributed by atoms with Crippen molar-refractivity contribution in [3.8, 4) is 0 Å². The molecule has 5 rings (SSSR count). The molecule has 0 atom stereocenters. The Morgan fingerprint density at radius 2 is 1.79 bits per heavy atom. The van der Waals surface area contributed by atoms with Gasteiger partial charge in [-0.2, -0.15) is 0 Å². The number of aryl methyl sites for hydroxylation is 1. The summed E-state index contributed by atoms with van der Waals surface area (Å²) in [6, 6.07) is 16.3. The van der Waals surface area contributed by atoms with Gasteiger partial charge in [0.25, 0.3) is 5.91 Å². The van der Waals surface area contributed by atoms with Crippen molar-refractivity contribution in [1.82, 2.24) is 9.97 Å². The van der Waals surface area contributed by atoms with E-state index in [-0.39, 0.29) is 30.6 Å². The summed E-state index contributed by atoms with van der Waals surface area (Å²) in [5.74, 6) is -0.662. The topological polar surface area (TPSA) is 83.5 Å². The van der Waals surface area contributed by atoms with Crippen molar-refractivity contribution >= 4 is 50.1 Å². The number of thiazole rings is 1. The number of aromatic nitrogens is 2. The molecular weight excluding hydrogens is 436 g/mol. The largest absolute Gasteiger partial charge is 0.279 e. The molecule has 8 heteroatoms. The number of fused-ring (bicyclic) bond motifs is 1. The maximum Gasteiger partial charge on any atom is 0.260 e. The van der Waals surface area contributed by atoms with Gasteiger partial charge < -0.3 is 0 Å². The van der Waals surface area contributed by atoms with Gasteiger partial charge in [0.1, 0.15) is 0 Å². The Morgan fingerprint density at radius 3 is 2.45 bits per heavy atom. The van der Waals surface area contributed by atoms with Crippen molar-refractivity contribution in [2.24, 2.45) is 0 Å². The molecule has 0 N–H and O–H groups in total. The number of para-hydroxylation sites is 1. The van der Waals surface area contributed by atoms with Crippen LogP contribution in [-0.4, -0.2) is 27.7 Å². The van der Waals surface area contributed by atoms with Gasteiger partial charge >= 0.3 is 0 Å². The summed E-state index contributed by atoms with van der Waals surface area (Å²) in [5, 5.41) is 0.599. The number of carbonyl (C=O) groups excluding carboxylic acids is 3. The van der Waals surface area contributed by atoms with Crippen molar-refractivity contribution < 1.29 is 14.4 Å². The van der Waals surface area contributed by atoms with Gasteiger partial charge in [0.05, 0.1) is 22.4 Å². The van der Waals surface area contributed by atoms with Gasteiger partial charge in [0.15, 0.2) is 5.13 Å². The highest BCUT2D eigenvalue weighted by Gasteiger charge is 2.30. The Balaban J connectivity index is 1.50. The predicted molar refractivity (Wildman–Crippen MR) is 127 cm³/mol. The SMILES string of the molecule is Cc1cccc2sc(N(Cc3cccnc3)C(=O)c3ccc(N4C(=O)CCC4=O)cc3)nc12. The van der Waals surface area contributed by atoms with E-state index in [1.807, 2.05) is 37.3 Å². The second-order valence-corrected chi connectivity index (χ2v) is 8.85. The third-order valence-electron chi connectivity index (χ3n) is 5.57. The van der Waals surface area contributed by atoms with E-state index in [2.05, 4.69) is 4.98 Å². The summed E-state index contributed by atoms with van der Waals surface area (Å²) in [7, 11) is 0. The van der Waals surface area contributed by atoms with E-state index in [4.69, 9.17) is 4.98 Å². The first-order chi connectivity index (χ1) is 16.0. The monoisotopic (exact) mass is 456 g/mol. The predicted octanol–water partition coefficient (Wildman–Crippen LogP) is 4.50. The van der Waals surface area contributed by atoms with Crippen molar-refractivity contribution in [2.75, 3.05) is 9.80 Å². The highest BCUT2D eigenvalue weighted by molar-refractivity contribution is 7.22. The normalized spacial score (nSPS) is 13.7. The van der Waals surface area contributed by atoms with E-state index < -0.39 is 0 Å². The standard InChI is InChI=1S/C25H20N4O3S/c1-16-4-2-6-20-23(16)27-25(33-20)28(15-17-5-3-13-26-14-17)24(32)18-7-9-19(10-8-18)29-21(30)11-12-22(29)31/h2-10,13-14H,11-12,15H2,1H3. The molecule has 2 aromatic heterocycles. The number of imide groups is 1. The van der Waals surface area contributed by atoms with Gasteiger partial charge in [-0.25, -0.2) is 4.98 Å². The molecule has 0 unspecified atom stereocenters. The molecule has 4 aromatic rings. The van der Waals surface area contributed by atoms with Crippen LogP contribution in [0, 0.1) is 6.92 Å². The van der Waals surface area contributed by atoms with E-state index in [1.54, 1.807) is 41.6 Å². The molecule has 0 saturated carbocycles. The molecular formula is C25H20N4O3S. The lowest BCUT2D eigenvalue weighted by molar-refractivity contribution is -0.121. The Hall–Kier alpha value is -3.91. The van der Waals surface area contributed by atoms with Crippen molar-refractivity contribution in [2.45, 2.75) is 26.3 Å². The Kier molecular flexibility index (Phi) is 5.43. The Labute approximate surface area is 194 Å². The van der Waals surface area contributed by atoms with Gasteiger partial charge in [0.2, 0.25) is 11.8 Å². The number of hydrogen-bond donors (Lipinski definition) is 0. The summed E-state index contributed by atoms with van der Waals surface area (Å²) in [6.45, 7) is 2.31. The summed E-state index contributed by atoms with van der Waals surface area (Å²) in [4.78, 5) is 49.4. The summed E-state index contributed by atoms with van der Waals surface area (Å²) < 4.78 is 1.01. The van der Waals surface area contributed by atoms with Gasteiger partial charge in [-0.15, -0.1) is 0 Å². The first kappa shape index (κ1) is 21.0. The van der Waals surface area contributed by atoms with Crippen LogP contribution in [-0.2, 0) is 16.1 Å². The number of amides is 3. The maximum absolute atomic E-state index is 13.6. The van der Waals surface area contributed by atoms with Crippen LogP contribution in [0.5, 0.6) is 0 Å². The van der Waals surface area contributed by atoms with Crippen molar-refractivity contribution in [1.29, 1.82) is 0 Å². The fourth-order valence-electron chi connectivity index (χ4n) is 3.86. The molecule has 0 bridgehead atoms. The molecule has 164 valence electrons. The van der Waals surface area contributed by atoms with Crippen LogP contribution in [0.2, 0.25) is 0 Å². The van der Waals surface area contributed by atoms with E-state index in [0.29, 0.717) is 22.9 Å². The molecule has 3 amide bonds. The minimum Gasteiger partial charge on any atom is -0.279 e. The molecule has 0 aliphatic carbocycles. The van der Waals surface area contributed by atoms with Crippen LogP contribution in [0.4, 0.5) is 10.8 Å². The Bertz CT molecular complexity index is 1350. The molecule has 1 aliphatic heterocycles. The second-order valence-electron chi connectivity index (χ2n) is 7.84. The fourth-order valence-corrected chi connectivity index (χ4v) is 4.91. The van der Waals surface area contributed by atoms with Crippen LogP contribution in [0.25, 0.3) is 10.2 Å². The zero-order valence-corrected chi connectivity index (χ0v) is 18.7. The smallest absolute Gasteiger partial charge is 0.260 e. The molecule has 1 saturated heterocycles. The number of benzene rings is 2. The molecule has 7 nitrogen and oxygen atoms in total. The van der Waals surface area contributed by atoms with Crippen molar-refractivity contribution in [3.63, 3.8) is 0 Å². The zero-order valence-electron chi connectivity index (χ0n) is 17.9. The third kappa shape index (κ3) is 4.01. The molecule has 0 radical (unpaired) electrons. The van der Waals surface area contributed by atoms with Crippen LogP contribution in [0.3, 0.4) is 0 Å². The lowest BCUT2D eigenvalue weighted by atomic mass is 10.1. The van der Waals surface area contributed by atoms with Crippen molar-refractivity contribution in [3.05, 3.63) is 83.7 Å². The molecule has 2 aromatic carbocycles. The minimum absolute atomic E-state index is 0.218. The first-order valence-electron chi connectivity index (χ1n) is 10.5. The lowest BCUT2D eigenvalue weighted by Gasteiger charge is -2.20. The lowest BCUT2D eigenvalue weighted by Crippen LogP contribution is -2.31. The van der Waals surface area contributed by atoms with Crippen LogP contribution >= 0.6 is 11.3 Å². The quantitative estimate of drug-likeness (QED) is 0.413. The number of pyridine rings is 1. The number of anilines is 2. The minimum atomic E-state index is -0.221. The zero-order chi connectivity index (χ0) is 22.9. The van der Waals surface area contributed by atoms with Gasteiger partial charge in [0, 0.05) is 30.8 Å². The number of nitrogens with zero attached hydrogens (tertiary/aromatic N) is 4. The highest BCUT2D eigenvalue weighted by Crippen LogP contribution is 2.32. The van der Waals surface area contributed by atoms with Gasteiger partial charge in [-0.3, -0.25) is 29.2 Å². The molecule has 1 aliphatic rings. The summed E-state index contributed by atoms with van der Waals surface area (Å²) in [5.41, 5.74) is 3.73. The average Bonchev–Trinajstić information content (AvgIpc) is 3.41. The first-order valence-corrected chi connectivity index (χ1v) is 11.4. The molecule has 0 spiro atoms. The third-order valence-corrected chi connectivity index (χ3v) is 6.62. The Morgan fingerprint density at radius 1 is 1.03 bits per heavy atom. The van der Waals surface area contributed by atoms with Gasteiger partial charge in [-0.05, 0) is 54.4 Å². The fraction of sp³-hybridized carbons (Fsp3) is 0.160.